The molecule has 1 unspecified atom stereocenters. The molecule has 0 saturated carbocycles. The fourth-order valence-corrected chi connectivity index (χ4v) is 3.92. The Morgan fingerprint density at radius 1 is 1.06 bits per heavy atom. The first kappa shape index (κ1) is 25.3. The van der Waals surface area contributed by atoms with E-state index in [2.05, 4.69) is 5.43 Å². The van der Waals surface area contributed by atoms with Crippen LogP contribution in [0.3, 0.4) is 0 Å². The number of hydrazine groups is 1. The summed E-state index contributed by atoms with van der Waals surface area (Å²) < 4.78 is 0. The first-order valence-corrected chi connectivity index (χ1v) is 10.6. The van der Waals surface area contributed by atoms with Crippen molar-refractivity contribution in [1.82, 2.24) is 10.4 Å². The van der Waals surface area contributed by atoms with Crippen LogP contribution in [-0.4, -0.2) is 46.3 Å². The van der Waals surface area contributed by atoms with Crippen molar-refractivity contribution in [2.75, 3.05) is 0 Å². The van der Waals surface area contributed by atoms with Gasteiger partial charge in [0.05, 0.1) is 6.04 Å². The number of carbonyl (C=O) groups is 3. The monoisotopic (exact) mass is 438 g/mol. The van der Waals surface area contributed by atoms with E-state index in [1.807, 2.05) is 47.6 Å². The molecular weight excluding hydrogens is 407 g/mol. The summed E-state index contributed by atoms with van der Waals surface area (Å²) in [5.74, 6) is -0.905. The van der Waals surface area contributed by atoms with Gasteiger partial charge in [0, 0.05) is 16.7 Å². The molecule has 0 bridgehead atoms. The molecule has 2 aromatic carbocycles. The lowest BCUT2D eigenvalue weighted by atomic mass is 9.77. The van der Waals surface area contributed by atoms with Crippen LogP contribution in [0.2, 0.25) is 0 Å². The summed E-state index contributed by atoms with van der Waals surface area (Å²) in [6, 6.07) is 9.20. The fourth-order valence-electron chi connectivity index (χ4n) is 3.92. The predicted molar refractivity (Wildman–Crippen MR) is 125 cm³/mol. The van der Waals surface area contributed by atoms with E-state index in [0.29, 0.717) is 18.3 Å². The lowest BCUT2D eigenvalue weighted by Crippen LogP contribution is -2.56. The highest BCUT2D eigenvalue weighted by molar-refractivity contribution is 6.60. The Hall–Kier alpha value is -2.97. The van der Waals surface area contributed by atoms with E-state index in [1.165, 1.54) is 23.2 Å². The van der Waals surface area contributed by atoms with E-state index < -0.39 is 13.0 Å². The summed E-state index contributed by atoms with van der Waals surface area (Å²) in [4.78, 5) is 37.9. The molecular formula is C24H31BN2O5. The molecule has 0 heterocycles. The van der Waals surface area contributed by atoms with E-state index in [-0.39, 0.29) is 34.0 Å². The maximum atomic E-state index is 13.5. The Bertz CT molecular complexity index is 994. The fraction of sp³-hybridized carbons (Fsp3) is 0.375. The van der Waals surface area contributed by atoms with Crippen LogP contribution in [0.25, 0.3) is 0 Å². The van der Waals surface area contributed by atoms with Crippen molar-refractivity contribution in [2.45, 2.75) is 54.0 Å². The minimum Gasteiger partial charge on any atom is -0.423 e. The summed E-state index contributed by atoms with van der Waals surface area (Å²) in [5, 5.41) is 20.2. The van der Waals surface area contributed by atoms with Crippen molar-refractivity contribution in [3.05, 3.63) is 64.2 Å². The number of hydrogen-bond acceptors (Lipinski definition) is 5. The van der Waals surface area contributed by atoms with Crippen LogP contribution in [0, 0.1) is 19.3 Å². The van der Waals surface area contributed by atoms with Gasteiger partial charge >= 0.3 is 7.12 Å². The summed E-state index contributed by atoms with van der Waals surface area (Å²) >= 11 is 0. The number of carbonyl (C=O) groups excluding carboxylic acids is 3. The van der Waals surface area contributed by atoms with E-state index in [0.717, 1.165) is 11.1 Å². The summed E-state index contributed by atoms with van der Waals surface area (Å²) in [6.07, 6.45) is 1.06. The van der Waals surface area contributed by atoms with Crippen molar-refractivity contribution < 1.29 is 24.4 Å². The van der Waals surface area contributed by atoms with Crippen LogP contribution in [0.15, 0.2) is 36.4 Å². The van der Waals surface area contributed by atoms with Crippen LogP contribution in [0.4, 0.5) is 0 Å². The quantitative estimate of drug-likeness (QED) is 0.365. The standard InChI is InChI=1S/C24H31BN2O5/c1-7-21(24(4,5)6)27(23(30)18-11-15(2)10-16(3)12-18)26-22(29)17-8-9-20(25(31)32)19(13-17)14-28/h8-14,21,31-32H,7H2,1-6H3,(H,26,29). The number of aryl methyl sites for hydroxylation is 2. The van der Waals surface area contributed by atoms with Gasteiger partial charge in [0.1, 0.15) is 6.29 Å². The third-order valence-corrected chi connectivity index (χ3v) is 5.36. The summed E-state index contributed by atoms with van der Waals surface area (Å²) in [7, 11) is -1.83. The number of benzene rings is 2. The molecule has 0 aliphatic carbocycles. The normalized spacial score (nSPS) is 12.1. The largest absolute Gasteiger partial charge is 0.489 e. The van der Waals surface area contributed by atoms with Crippen molar-refractivity contribution >= 4 is 30.7 Å². The third kappa shape index (κ3) is 5.84. The summed E-state index contributed by atoms with van der Waals surface area (Å²) in [5.41, 5.74) is 4.87. The van der Waals surface area contributed by atoms with Gasteiger partial charge in [-0.25, -0.2) is 5.01 Å². The van der Waals surface area contributed by atoms with Gasteiger partial charge in [0.2, 0.25) is 0 Å². The number of hydrogen-bond donors (Lipinski definition) is 3. The molecule has 0 fully saturated rings. The number of aldehydes is 1. The zero-order valence-corrected chi connectivity index (χ0v) is 19.5. The van der Waals surface area contributed by atoms with Gasteiger partial charge in [-0.3, -0.25) is 19.8 Å². The van der Waals surface area contributed by atoms with Gasteiger partial charge in [0.25, 0.3) is 11.8 Å². The molecule has 170 valence electrons. The molecule has 7 nitrogen and oxygen atoms in total. The smallest absolute Gasteiger partial charge is 0.423 e. The molecule has 2 amide bonds. The molecule has 0 aliphatic heterocycles. The first-order chi connectivity index (χ1) is 14.9. The molecule has 2 rings (SSSR count). The molecule has 0 aromatic heterocycles. The van der Waals surface area contributed by atoms with Gasteiger partial charge in [-0.2, -0.15) is 0 Å². The summed E-state index contributed by atoms with van der Waals surface area (Å²) in [6.45, 7) is 11.8. The molecule has 0 radical (unpaired) electrons. The maximum absolute atomic E-state index is 13.5. The average molecular weight is 438 g/mol. The Balaban J connectivity index is 2.48. The van der Waals surface area contributed by atoms with Crippen molar-refractivity contribution in [3.8, 4) is 0 Å². The number of nitrogens with one attached hydrogen (secondary N) is 1. The van der Waals surface area contributed by atoms with Crippen LogP contribution < -0.4 is 10.9 Å². The first-order valence-electron chi connectivity index (χ1n) is 10.6. The second-order valence-electron chi connectivity index (χ2n) is 9.12. The molecule has 0 spiro atoms. The average Bonchev–Trinajstić information content (AvgIpc) is 2.70. The van der Waals surface area contributed by atoms with Crippen LogP contribution >= 0.6 is 0 Å². The maximum Gasteiger partial charge on any atom is 0.489 e. The van der Waals surface area contributed by atoms with Crippen LogP contribution in [0.5, 0.6) is 0 Å². The molecule has 32 heavy (non-hydrogen) atoms. The minimum atomic E-state index is -1.83. The van der Waals surface area contributed by atoms with Crippen LogP contribution in [0.1, 0.15) is 76.3 Å². The van der Waals surface area contributed by atoms with Crippen LogP contribution in [-0.2, 0) is 0 Å². The van der Waals surface area contributed by atoms with Gasteiger partial charge in [-0.15, -0.1) is 0 Å². The van der Waals surface area contributed by atoms with Gasteiger partial charge in [-0.1, -0.05) is 51.0 Å². The topological polar surface area (TPSA) is 107 Å². The SMILES string of the molecule is CCC(N(NC(=O)c1ccc(B(O)O)c(C=O)c1)C(=O)c1cc(C)cc(C)c1)C(C)(C)C. The number of nitrogens with zero attached hydrogens (tertiary/aromatic N) is 1. The van der Waals surface area contributed by atoms with E-state index in [1.54, 1.807) is 12.1 Å². The minimum absolute atomic E-state index is 0.000782. The molecule has 0 aliphatic rings. The lowest BCUT2D eigenvalue weighted by Gasteiger charge is -2.39. The van der Waals surface area contributed by atoms with E-state index in [9.17, 15) is 24.4 Å². The lowest BCUT2D eigenvalue weighted by molar-refractivity contribution is 0.0285. The highest BCUT2D eigenvalue weighted by Crippen LogP contribution is 2.27. The highest BCUT2D eigenvalue weighted by Gasteiger charge is 2.34. The molecule has 2 aromatic rings. The second kappa shape index (κ2) is 10.1. The second-order valence-corrected chi connectivity index (χ2v) is 9.12. The molecule has 0 saturated heterocycles. The Morgan fingerprint density at radius 2 is 1.66 bits per heavy atom. The van der Waals surface area contributed by atoms with E-state index in [4.69, 9.17) is 0 Å². The molecule has 8 heteroatoms. The Kier molecular flexibility index (Phi) is 7.99. The van der Waals surface area contributed by atoms with Gasteiger partial charge < -0.3 is 10.0 Å². The Labute approximate surface area is 189 Å². The predicted octanol–water partition coefficient (Wildman–Crippen LogP) is 2.41. The zero-order valence-electron chi connectivity index (χ0n) is 19.5. The van der Waals surface area contributed by atoms with Crippen molar-refractivity contribution in [1.29, 1.82) is 0 Å². The third-order valence-electron chi connectivity index (χ3n) is 5.36. The van der Waals surface area contributed by atoms with E-state index >= 15 is 0 Å². The zero-order chi connectivity index (χ0) is 24.2. The Morgan fingerprint density at radius 3 is 2.12 bits per heavy atom. The number of amides is 2. The molecule has 1 atom stereocenters. The number of rotatable bonds is 6. The van der Waals surface area contributed by atoms with Crippen molar-refractivity contribution in [3.63, 3.8) is 0 Å². The van der Waals surface area contributed by atoms with Crippen molar-refractivity contribution in [2.24, 2.45) is 5.41 Å². The highest BCUT2D eigenvalue weighted by atomic mass is 16.4. The van der Waals surface area contributed by atoms with Gasteiger partial charge in [-0.05, 0) is 55.4 Å². The molecule has 3 N–H and O–H groups in total. The van der Waals surface area contributed by atoms with Gasteiger partial charge in [0.15, 0.2) is 0 Å².